The third-order valence-electron chi connectivity index (χ3n) is 1.38. The molecule has 58 valence electrons. The molecule has 0 heterocycles. The van der Waals surface area contributed by atoms with Gasteiger partial charge in [0.15, 0.2) is 0 Å². The quantitative estimate of drug-likeness (QED) is 0.549. The molecule has 1 aromatic carbocycles. The van der Waals surface area contributed by atoms with E-state index in [4.69, 9.17) is 0 Å². The van der Waals surface area contributed by atoms with E-state index in [1.807, 2.05) is 37.3 Å². The van der Waals surface area contributed by atoms with Gasteiger partial charge in [-0.3, -0.25) is 4.79 Å². The van der Waals surface area contributed by atoms with Crippen molar-refractivity contribution in [2.24, 2.45) is 0 Å². The Morgan fingerprint density at radius 1 is 1.33 bits per heavy atom. The fourth-order valence-corrected chi connectivity index (χ4v) is 0.771. The molecule has 12 heavy (non-hydrogen) atoms. The molecule has 0 radical (unpaired) electrons. The smallest absolute Gasteiger partial charge is 0.326 e. The van der Waals surface area contributed by atoms with Crippen LogP contribution in [-0.2, 0) is 4.79 Å². The summed E-state index contributed by atoms with van der Waals surface area (Å²) < 4.78 is 0. The van der Waals surface area contributed by atoms with Gasteiger partial charge in [-0.25, -0.2) is 0 Å². The van der Waals surface area contributed by atoms with E-state index in [2.05, 4.69) is 5.32 Å². The first-order chi connectivity index (χ1) is 5.33. The van der Waals surface area contributed by atoms with Crippen molar-refractivity contribution < 1.29 is 23.7 Å². The van der Waals surface area contributed by atoms with E-state index in [-0.39, 0.29) is 24.8 Å². The minimum absolute atomic E-state index is 0. The first-order valence-electron chi connectivity index (χ1n) is 3.68. The second kappa shape index (κ2) is 5.88. The Bertz CT molecular complexity index is 236. The Morgan fingerprint density at radius 2 is 1.92 bits per heavy atom. The van der Waals surface area contributed by atoms with Gasteiger partial charge in [0.05, 0.1) is 0 Å². The van der Waals surface area contributed by atoms with E-state index in [1.54, 1.807) is 0 Å². The maximum Gasteiger partial charge on any atom is 1.00 e. The summed E-state index contributed by atoms with van der Waals surface area (Å²) in [6, 6.07) is 9.44. The molecule has 0 unspecified atom stereocenters. The number of hydrogen-bond acceptors (Lipinski definition) is 1. The van der Waals surface area contributed by atoms with Crippen LogP contribution in [0.1, 0.15) is 13.3 Å². The Kier molecular flexibility index (Phi) is 5.53. The molecule has 0 aliphatic rings. The number of nitrogens with one attached hydrogen (secondary N) is 1. The number of hydrogen-bond donors (Lipinski definition) is 1. The van der Waals surface area contributed by atoms with E-state index in [0.717, 1.165) is 5.69 Å². The number of carbonyl (C=O) groups excluding carboxylic acids is 1. The zero-order valence-corrected chi connectivity index (χ0v) is 7.50. The van der Waals surface area contributed by atoms with Crippen molar-refractivity contribution in [2.75, 3.05) is 5.32 Å². The molecule has 2 nitrogen and oxygen atoms in total. The molecule has 0 fully saturated rings. The molecular weight excluding hydrogens is 145 g/mol. The standard InChI is InChI=1S/C9H11NO.Li/c1-2-9(11)10-8-6-4-3-5-7-8;/h3-7H,2H2,1H3,(H,10,11);/q;+1. The van der Waals surface area contributed by atoms with Crippen LogP contribution < -0.4 is 24.2 Å². The molecule has 0 aromatic heterocycles. The van der Waals surface area contributed by atoms with Crippen LogP contribution in [0.5, 0.6) is 0 Å². The Balaban J connectivity index is 0.00000121. The van der Waals surface area contributed by atoms with Crippen LogP contribution in [0, 0.1) is 0 Å². The zero-order valence-electron chi connectivity index (χ0n) is 7.50. The first kappa shape index (κ1) is 11.3. The number of carbonyl (C=O) groups is 1. The fraction of sp³-hybridized carbons (Fsp3) is 0.222. The van der Waals surface area contributed by atoms with Crippen LogP contribution in [0.25, 0.3) is 0 Å². The number of benzene rings is 1. The fourth-order valence-electron chi connectivity index (χ4n) is 0.771. The molecule has 0 saturated carbocycles. The van der Waals surface area contributed by atoms with Gasteiger partial charge in [0.2, 0.25) is 5.91 Å². The van der Waals surface area contributed by atoms with Gasteiger partial charge in [0, 0.05) is 12.1 Å². The number of para-hydroxylation sites is 1. The molecule has 0 saturated heterocycles. The predicted octanol–water partition coefficient (Wildman–Crippen LogP) is -0.961. The summed E-state index contributed by atoms with van der Waals surface area (Å²) in [7, 11) is 0. The maximum absolute atomic E-state index is 10.9. The maximum atomic E-state index is 10.9. The summed E-state index contributed by atoms with van der Waals surface area (Å²) in [5.74, 6) is 0.0520. The topological polar surface area (TPSA) is 29.1 Å². The number of anilines is 1. The van der Waals surface area contributed by atoms with Crippen molar-refractivity contribution in [3.8, 4) is 0 Å². The average molecular weight is 156 g/mol. The minimum Gasteiger partial charge on any atom is -0.326 e. The van der Waals surface area contributed by atoms with Gasteiger partial charge in [-0.1, -0.05) is 25.1 Å². The van der Waals surface area contributed by atoms with Crippen LogP contribution in [-0.4, -0.2) is 5.91 Å². The van der Waals surface area contributed by atoms with Gasteiger partial charge in [-0.15, -0.1) is 0 Å². The van der Waals surface area contributed by atoms with Crippen LogP contribution >= 0.6 is 0 Å². The van der Waals surface area contributed by atoms with Gasteiger partial charge in [0.25, 0.3) is 0 Å². The van der Waals surface area contributed by atoms with Crippen molar-refractivity contribution in [1.82, 2.24) is 0 Å². The molecule has 0 atom stereocenters. The van der Waals surface area contributed by atoms with E-state index < -0.39 is 0 Å². The third-order valence-corrected chi connectivity index (χ3v) is 1.38. The van der Waals surface area contributed by atoms with E-state index >= 15 is 0 Å². The molecule has 0 aliphatic carbocycles. The van der Waals surface area contributed by atoms with E-state index in [0.29, 0.717) is 6.42 Å². The summed E-state index contributed by atoms with van der Waals surface area (Å²) in [4.78, 5) is 10.9. The van der Waals surface area contributed by atoms with Gasteiger partial charge < -0.3 is 5.32 Å². The molecule has 0 spiro atoms. The third kappa shape index (κ3) is 3.61. The van der Waals surface area contributed by atoms with Gasteiger partial charge in [-0.2, -0.15) is 0 Å². The summed E-state index contributed by atoms with van der Waals surface area (Å²) >= 11 is 0. The summed E-state index contributed by atoms with van der Waals surface area (Å²) in [6.07, 6.45) is 0.523. The molecule has 1 N–H and O–H groups in total. The zero-order chi connectivity index (χ0) is 8.10. The van der Waals surface area contributed by atoms with E-state index in [9.17, 15) is 4.79 Å². The normalized spacial score (nSPS) is 8.42. The van der Waals surface area contributed by atoms with Gasteiger partial charge in [-0.05, 0) is 12.1 Å². The first-order valence-corrected chi connectivity index (χ1v) is 3.68. The predicted molar refractivity (Wildman–Crippen MR) is 45.4 cm³/mol. The number of rotatable bonds is 2. The summed E-state index contributed by atoms with van der Waals surface area (Å²) in [5.41, 5.74) is 0.861. The van der Waals surface area contributed by atoms with Gasteiger partial charge in [0.1, 0.15) is 0 Å². The summed E-state index contributed by atoms with van der Waals surface area (Å²) in [6.45, 7) is 1.83. The molecule has 3 heteroatoms. The van der Waals surface area contributed by atoms with Crippen LogP contribution in [0.3, 0.4) is 0 Å². The van der Waals surface area contributed by atoms with Crippen molar-refractivity contribution in [3.63, 3.8) is 0 Å². The number of amides is 1. The average Bonchev–Trinajstić information content (AvgIpc) is 2.06. The van der Waals surface area contributed by atoms with Crippen molar-refractivity contribution in [1.29, 1.82) is 0 Å². The second-order valence-electron chi connectivity index (χ2n) is 2.27. The largest absolute Gasteiger partial charge is 1.00 e. The molecule has 1 aromatic rings. The SMILES string of the molecule is CCC(=O)Nc1ccccc1.[Li+]. The van der Waals surface area contributed by atoms with Gasteiger partial charge >= 0.3 is 18.9 Å². The monoisotopic (exact) mass is 156 g/mol. The second-order valence-corrected chi connectivity index (χ2v) is 2.27. The minimum atomic E-state index is 0. The summed E-state index contributed by atoms with van der Waals surface area (Å²) in [5, 5.41) is 2.75. The van der Waals surface area contributed by atoms with Crippen LogP contribution in [0.2, 0.25) is 0 Å². The van der Waals surface area contributed by atoms with Crippen LogP contribution in [0.15, 0.2) is 30.3 Å². The van der Waals surface area contributed by atoms with Crippen molar-refractivity contribution in [2.45, 2.75) is 13.3 Å². The molecule has 1 amide bonds. The Morgan fingerprint density at radius 3 is 2.42 bits per heavy atom. The Hall–Kier alpha value is -0.713. The molecule has 1 rings (SSSR count). The molecule has 0 bridgehead atoms. The van der Waals surface area contributed by atoms with Crippen molar-refractivity contribution >= 4 is 11.6 Å². The molecular formula is C9H11LiNO+. The molecule has 0 aliphatic heterocycles. The van der Waals surface area contributed by atoms with Crippen molar-refractivity contribution in [3.05, 3.63) is 30.3 Å². The van der Waals surface area contributed by atoms with E-state index in [1.165, 1.54) is 0 Å². The Labute approximate surface area is 84.5 Å². The van der Waals surface area contributed by atoms with Crippen LogP contribution in [0.4, 0.5) is 5.69 Å².